The number of amides is 1. The van der Waals surface area contributed by atoms with Crippen LogP contribution in [0, 0.1) is 11.8 Å². The number of hydrogen-bond acceptors (Lipinski definition) is 3. The Kier molecular flexibility index (Phi) is 5.62. The Balaban J connectivity index is 1.96. The highest BCUT2D eigenvalue weighted by Gasteiger charge is 2.35. The lowest BCUT2D eigenvalue weighted by atomic mass is 9.90. The monoisotopic (exact) mass is 297 g/mol. The first-order chi connectivity index (χ1) is 10.0. The fourth-order valence-electron chi connectivity index (χ4n) is 3.50. The maximum atomic E-state index is 12.6. The number of hydrogen-bond donors (Lipinski definition) is 1. The maximum absolute atomic E-state index is 12.6. The lowest BCUT2D eigenvalue weighted by Gasteiger charge is -2.36. The number of carbonyl (C=O) groups is 2. The standard InChI is InChI=1S/C16H27NO4/c1-3-14(21-13-6-4-5-7-13)15(18)17-9-11(2)8-12(10-17)16(19)20/h11-14H,3-10H2,1-2H3,(H,19,20). The van der Waals surface area contributed by atoms with Crippen molar-refractivity contribution in [2.45, 2.75) is 64.6 Å². The lowest BCUT2D eigenvalue weighted by Crippen LogP contribution is -2.50. The highest BCUT2D eigenvalue weighted by Crippen LogP contribution is 2.26. The van der Waals surface area contributed by atoms with Crippen molar-refractivity contribution in [3.8, 4) is 0 Å². The molecule has 3 atom stereocenters. The smallest absolute Gasteiger partial charge is 0.308 e. The van der Waals surface area contributed by atoms with E-state index in [1.807, 2.05) is 13.8 Å². The van der Waals surface area contributed by atoms with Gasteiger partial charge in [-0.2, -0.15) is 0 Å². The molecule has 0 aromatic heterocycles. The predicted molar refractivity (Wildman–Crippen MR) is 78.9 cm³/mol. The topological polar surface area (TPSA) is 66.8 Å². The molecule has 1 heterocycles. The third-order valence-electron chi connectivity index (χ3n) is 4.63. The number of carbonyl (C=O) groups excluding carboxylic acids is 1. The van der Waals surface area contributed by atoms with Crippen molar-refractivity contribution < 1.29 is 19.4 Å². The molecule has 1 N–H and O–H groups in total. The first-order valence-electron chi connectivity index (χ1n) is 8.18. The van der Waals surface area contributed by atoms with E-state index < -0.39 is 18.0 Å². The summed E-state index contributed by atoms with van der Waals surface area (Å²) in [5.41, 5.74) is 0. The van der Waals surface area contributed by atoms with Gasteiger partial charge in [-0.1, -0.05) is 26.7 Å². The average molecular weight is 297 g/mol. The van der Waals surface area contributed by atoms with Crippen LogP contribution in [-0.2, 0) is 14.3 Å². The fourth-order valence-corrected chi connectivity index (χ4v) is 3.50. The Bertz CT molecular complexity index is 378. The second-order valence-corrected chi connectivity index (χ2v) is 6.56. The van der Waals surface area contributed by atoms with E-state index in [0.717, 1.165) is 12.8 Å². The molecule has 1 saturated carbocycles. The van der Waals surface area contributed by atoms with Gasteiger partial charge in [0.2, 0.25) is 0 Å². The van der Waals surface area contributed by atoms with Crippen molar-refractivity contribution in [2.24, 2.45) is 11.8 Å². The first kappa shape index (κ1) is 16.3. The number of aliphatic carboxylic acids is 1. The molecule has 0 bridgehead atoms. The SMILES string of the molecule is CCC(OC1CCCC1)C(=O)N1CC(C)CC(C(=O)O)C1. The molecular formula is C16H27NO4. The Hall–Kier alpha value is -1.10. The molecule has 0 aromatic carbocycles. The number of carboxylic acid groups (broad SMARTS) is 1. The second-order valence-electron chi connectivity index (χ2n) is 6.56. The van der Waals surface area contributed by atoms with E-state index in [9.17, 15) is 14.7 Å². The van der Waals surface area contributed by atoms with Crippen molar-refractivity contribution in [3.05, 3.63) is 0 Å². The molecule has 120 valence electrons. The molecule has 1 aliphatic heterocycles. The quantitative estimate of drug-likeness (QED) is 0.845. The number of carboxylic acids is 1. The summed E-state index contributed by atoms with van der Waals surface area (Å²) in [6.45, 7) is 4.93. The zero-order chi connectivity index (χ0) is 15.4. The van der Waals surface area contributed by atoms with Crippen molar-refractivity contribution in [3.63, 3.8) is 0 Å². The van der Waals surface area contributed by atoms with Gasteiger partial charge in [-0.15, -0.1) is 0 Å². The maximum Gasteiger partial charge on any atom is 0.308 e. The van der Waals surface area contributed by atoms with Crippen LogP contribution in [0.15, 0.2) is 0 Å². The van der Waals surface area contributed by atoms with Gasteiger partial charge in [-0.3, -0.25) is 9.59 Å². The summed E-state index contributed by atoms with van der Waals surface area (Å²) in [6.07, 6.45) is 5.53. The summed E-state index contributed by atoms with van der Waals surface area (Å²) >= 11 is 0. The molecule has 5 heteroatoms. The molecule has 0 aromatic rings. The predicted octanol–water partition coefficient (Wildman–Crippen LogP) is 2.29. The highest BCUT2D eigenvalue weighted by atomic mass is 16.5. The normalized spacial score (nSPS) is 28.6. The van der Waals surface area contributed by atoms with Gasteiger partial charge >= 0.3 is 5.97 Å². The van der Waals surface area contributed by atoms with Gasteiger partial charge in [-0.05, 0) is 31.6 Å². The Morgan fingerprint density at radius 2 is 1.95 bits per heavy atom. The van der Waals surface area contributed by atoms with Gasteiger partial charge in [0.05, 0.1) is 12.0 Å². The highest BCUT2D eigenvalue weighted by molar-refractivity contribution is 5.82. The van der Waals surface area contributed by atoms with E-state index in [-0.39, 0.29) is 17.9 Å². The zero-order valence-electron chi connectivity index (χ0n) is 13.1. The van der Waals surface area contributed by atoms with Crippen LogP contribution >= 0.6 is 0 Å². The van der Waals surface area contributed by atoms with E-state index >= 15 is 0 Å². The molecule has 2 fully saturated rings. The molecule has 3 unspecified atom stereocenters. The molecule has 2 rings (SSSR count). The molecule has 1 saturated heterocycles. The van der Waals surface area contributed by atoms with Crippen LogP contribution in [0.1, 0.15) is 52.4 Å². The largest absolute Gasteiger partial charge is 0.481 e. The fraction of sp³-hybridized carbons (Fsp3) is 0.875. The zero-order valence-corrected chi connectivity index (χ0v) is 13.1. The Labute approximate surface area is 126 Å². The van der Waals surface area contributed by atoms with E-state index in [1.165, 1.54) is 12.8 Å². The molecular weight excluding hydrogens is 270 g/mol. The van der Waals surface area contributed by atoms with Crippen LogP contribution in [0.5, 0.6) is 0 Å². The van der Waals surface area contributed by atoms with Crippen LogP contribution in [0.25, 0.3) is 0 Å². The second kappa shape index (κ2) is 7.25. The third kappa shape index (κ3) is 4.19. The van der Waals surface area contributed by atoms with Crippen LogP contribution in [0.3, 0.4) is 0 Å². The molecule has 5 nitrogen and oxygen atoms in total. The van der Waals surface area contributed by atoms with E-state index in [1.54, 1.807) is 4.90 Å². The molecule has 1 aliphatic carbocycles. The molecule has 1 amide bonds. The van der Waals surface area contributed by atoms with Gasteiger partial charge in [0, 0.05) is 13.1 Å². The van der Waals surface area contributed by atoms with Crippen molar-refractivity contribution in [1.82, 2.24) is 4.90 Å². The van der Waals surface area contributed by atoms with Crippen molar-refractivity contribution in [1.29, 1.82) is 0 Å². The van der Waals surface area contributed by atoms with Gasteiger partial charge in [0.1, 0.15) is 6.10 Å². The van der Waals surface area contributed by atoms with Gasteiger partial charge in [0.15, 0.2) is 0 Å². The minimum Gasteiger partial charge on any atom is -0.481 e. The molecule has 0 spiro atoms. The molecule has 2 aliphatic rings. The van der Waals surface area contributed by atoms with Crippen LogP contribution in [-0.4, -0.2) is 47.2 Å². The number of ether oxygens (including phenoxy) is 1. The summed E-state index contributed by atoms with van der Waals surface area (Å²) in [5, 5.41) is 9.21. The molecule has 21 heavy (non-hydrogen) atoms. The number of rotatable bonds is 5. The first-order valence-corrected chi connectivity index (χ1v) is 8.18. The van der Waals surface area contributed by atoms with Crippen molar-refractivity contribution >= 4 is 11.9 Å². The van der Waals surface area contributed by atoms with Gasteiger partial charge in [-0.25, -0.2) is 0 Å². The van der Waals surface area contributed by atoms with Crippen LogP contribution < -0.4 is 0 Å². The van der Waals surface area contributed by atoms with Gasteiger partial charge < -0.3 is 14.7 Å². The summed E-state index contributed by atoms with van der Waals surface area (Å²) < 4.78 is 5.97. The third-order valence-corrected chi connectivity index (χ3v) is 4.63. The van der Waals surface area contributed by atoms with Crippen molar-refractivity contribution in [2.75, 3.05) is 13.1 Å². The lowest BCUT2D eigenvalue weighted by molar-refractivity contribution is -0.154. The van der Waals surface area contributed by atoms with Gasteiger partial charge in [0.25, 0.3) is 5.91 Å². The summed E-state index contributed by atoms with van der Waals surface area (Å²) in [4.78, 5) is 25.6. The average Bonchev–Trinajstić information content (AvgIpc) is 2.96. The Morgan fingerprint density at radius 3 is 2.52 bits per heavy atom. The van der Waals surface area contributed by atoms with E-state index in [0.29, 0.717) is 25.9 Å². The summed E-state index contributed by atoms with van der Waals surface area (Å²) in [5.74, 6) is -1.04. The van der Waals surface area contributed by atoms with E-state index in [2.05, 4.69) is 0 Å². The summed E-state index contributed by atoms with van der Waals surface area (Å²) in [7, 11) is 0. The number of likely N-dealkylation sites (tertiary alicyclic amines) is 1. The van der Waals surface area contributed by atoms with E-state index in [4.69, 9.17) is 4.74 Å². The molecule has 0 radical (unpaired) electrons. The summed E-state index contributed by atoms with van der Waals surface area (Å²) in [6, 6.07) is 0. The minimum absolute atomic E-state index is 0.0257. The number of nitrogens with zero attached hydrogens (tertiary/aromatic N) is 1. The Morgan fingerprint density at radius 1 is 1.29 bits per heavy atom. The number of piperidine rings is 1. The minimum atomic E-state index is -0.802. The van der Waals surface area contributed by atoms with Crippen LogP contribution in [0.4, 0.5) is 0 Å². The van der Waals surface area contributed by atoms with Crippen LogP contribution in [0.2, 0.25) is 0 Å².